The number of rotatable bonds is 5. The third kappa shape index (κ3) is 3.86. The van der Waals surface area contributed by atoms with Gasteiger partial charge in [-0.2, -0.15) is 8.78 Å². The molecule has 1 fully saturated rings. The normalized spacial score (nSPS) is 18.5. The minimum Gasteiger partial charge on any atom is -0.435 e. The first kappa shape index (κ1) is 14.2. The van der Waals surface area contributed by atoms with Gasteiger partial charge in [-0.3, -0.25) is 4.90 Å². The molecule has 0 aliphatic carbocycles. The molecule has 1 aliphatic heterocycles. The van der Waals surface area contributed by atoms with Crippen molar-refractivity contribution in [1.29, 1.82) is 0 Å². The third-order valence-corrected chi connectivity index (χ3v) is 3.23. The average molecular weight is 272 g/mol. The molecule has 0 radical (unpaired) electrons. The number of hydrogen-bond donors (Lipinski definition) is 2. The number of aliphatic hydroxyl groups is 1. The van der Waals surface area contributed by atoms with E-state index >= 15 is 0 Å². The maximum Gasteiger partial charge on any atom is 0.387 e. The monoisotopic (exact) mass is 272 g/mol. The number of nitrogens with zero attached hydrogens (tertiary/aromatic N) is 1. The molecule has 0 aromatic heterocycles. The molecule has 1 aliphatic rings. The molecule has 0 amide bonds. The SMILES string of the molecule is OC[C@@H](c1cccc(OC(F)F)c1)N1CCNCC1. The van der Waals surface area contributed by atoms with Crippen molar-refractivity contribution in [2.75, 3.05) is 32.8 Å². The Morgan fingerprint density at radius 2 is 2.05 bits per heavy atom. The maximum absolute atomic E-state index is 12.2. The lowest BCUT2D eigenvalue weighted by Gasteiger charge is -2.34. The molecule has 0 spiro atoms. The van der Waals surface area contributed by atoms with Crippen LogP contribution in [0, 0.1) is 0 Å². The average Bonchev–Trinajstić information content (AvgIpc) is 2.40. The van der Waals surface area contributed by atoms with Gasteiger partial charge >= 0.3 is 6.61 Å². The molecule has 1 saturated heterocycles. The van der Waals surface area contributed by atoms with Crippen molar-refractivity contribution < 1.29 is 18.6 Å². The van der Waals surface area contributed by atoms with Crippen molar-refractivity contribution in [1.82, 2.24) is 10.2 Å². The topological polar surface area (TPSA) is 44.7 Å². The van der Waals surface area contributed by atoms with E-state index in [1.807, 2.05) is 6.07 Å². The second-order valence-corrected chi connectivity index (χ2v) is 4.44. The highest BCUT2D eigenvalue weighted by Gasteiger charge is 2.21. The van der Waals surface area contributed by atoms with Gasteiger partial charge in [0.15, 0.2) is 0 Å². The Kier molecular flexibility index (Phi) is 5.07. The second-order valence-electron chi connectivity index (χ2n) is 4.44. The Labute approximate surface area is 111 Å². The molecule has 106 valence electrons. The van der Waals surface area contributed by atoms with E-state index in [2.05, 4.69) is 15.0 Å². The van der Waals surface area contributed by atoms with Crippen molar-refractivity contribution in [2.45, 2.75) is 12.7 Å². The summed E-state index contributed by atoms with van der Waals surface area (Å²) < 4.78 is 28.8. The van der Waals surface area contributed by atoms with Crippen molar-refractivity contribution >= 4 is 0 Å². The molecule has 2 rings (SSSR count). The van der Waals surface area contributed by atoms with Crippen molar-refractivity contribution in [3.8, 4) is 5.75 Å². The van der Waals surface area contributed by atoms with Crippen LogP contribution in [0.3, 0.4) is 0 Å². The molecular formula is C13H18F2N2O2. The maximum atomic E-state index is 12.2. The van der Waals surface area contributed by atoms with E-state index in [-0.39, 0.29) is 18.4 Å². The van der Waals surface area contributed by atoms with Gasteiger partial charge in [-0.1, -0.05) is 12.1 Å². The van der Waals surface area contributed by atoms with E-state index in [9.17, 15) is 13.9 Å². The largest absolute Gasteiger partial charge is 0.435 e. The van der Waals surface area contributed by atoms with Crippen LogP contribution in [0.4, 0.5) is 8.78 Å². The van der Waals surface area contributed by atoms with Gasteiger partial charge in [0.25, 0.3) is 0 Å². The summed E-state index contributed by atoms with van der Waals surface area (Å²) in [6.45, 7) is 0.504. The highest BCUT2D eigenvalue weighted by molar-refractivity contribution is 5.30. The Morgan fingerprint density at radius 3 is 2.68 bits per heavy atom. The Balaban J connectivity index is 2.12. The van der Waals surface area contributed by atoms with E-state index in [0.717, 1.165) is 31.7 Å². The summed E-state index contributed by atoms with van der Waals surface area (Å²) in [5.41, 5.74) is 0.794. The number of piperazine rings is 1. The van der Waals surface area contributed by atoms with Crippen molar-refractivity contribution in [3.63, 3.8) is 0 Å². The first-order valence-electron chi connectivity index (χ1n) is 6.31. The summed E-state index contributed by atoms with van der Waals surface area (Å²) >= 11 is 0. The van der Waals surface area contributed by atoms with E-state index in [0.29, 0.717) is 0 Å². The molecule has 1 aromatic rings. The van der Waals surface area contributed by atoms with Gasteiger partial charge in [0, 0.05) is 26.2 Å². The molecule has 4 nitrogen and oxygen atoms in total. The number of nitrogens with one attached hydrogen (secondary N) is 1. The van der Waals surface area contributed by atoms with Gasteiger partial charge < -0.3 is 15.2 Å². The Morgan fingerprint density at radius 1 is 1.32 bits per heavy atom. The summed E-state index contributed by atoms with van der Waals surface area (Å²) in [5, 5.41) is 12.8. The number of alkyl halides is 2. The van der Waals surface area contributed by atoms with E-state index in [1.54, 1.807) is 12.1 Å². The van der Waals surface area contributed by atoms with E-state index < -0.39 is 6.61 Å². The second kappa shape index (κ2) is 6.79. The summed E-state index contributed by atoms with van der Waals surface area (Å²) in [5.74, 6) is 0.126. The molecule has 0 saturated carbocycles. The van der Waals surface area contributed by atoms with Crippen LogP contribution >= 0.6 is 0 Å². The van der Waals surface area contributed by atoms with Gasteiger partial charge in [-0.05, 0) is 17.7 Å². The molecule has 2 N–H and O–H groups in total. The molecule has 0 unspecified atom stereocenters. The number of aliphatic hydroxyl groups excluding tert-OH is 1. The zero-order valence-electron chi connectivity index (χ0n) is 10.6. The summed E-state index contributed by atoms with van der Waals surface area (Å²) in [6.07, 6.45) is 0. The zero-order chi connectivity index (χ0) is 13.7. The molecule has 19 heavy (non-hydrogen) atoms. The lowest BCUT2D eigenvalue weighted by molar-refractivity contribution is -0.0499. The van der Waals surface area contributed by atoms with Gasteiger partial charge in [0.05, 0.1) is 12.6 Å². The predicted octanol–water partition coefficient (Wildman–Crippen LogP) is 1.23. The summed E-state index contributed by atoms with van der Waals surface area (Å²) in [4.78, 5) is 2.14. The van der Waals surface area contributed by atoms with Gasteiger partial charge in [0.1, 0.15) is 5.75 Å². The molecule has 1 atom stereocenters. The number of hydrogen-bond acceptors (Lipinski definition) is 4. The third-order valence-electron chi connectivity index (χ3n) is 3.23. The van der Waals surface area contributed by atoms with Crippen molar-refractivity contribution in [2.24, 2.45) is 0 Å². The molecule has 6 heteroatoms. The number of halogens is 2. The van der Waals surface area contributed by atoms with Crippen LogP contribution in [0.5, 0.6) is 5.75 Å². The van der Waals surface area contributed by atoms with Crippen LogP contribution in [-0.4, -0.2) is 49.4 Å². The summed E-state index contributed by atoms with van der Waals surface area (Å²) in [6, 6.07) is 6.36. The summed E-state index contributed by atoms with van der Waals surface area (Å²) in [7, 11) is 0. The number of benzene rings is 1. The zero-order valence-corrected chi connectivity index (χ0v) is 10.6. The van der Waals surface area contributed by atoms with Crippen LogP contribution in [-0.2, 0) is 0 Å². The minimum absolute atomic E-state index is 0.0435. The van der Waals surface area contributed by atoms with Gasteiger partial charge in [0.2, 0.25) is 0 Å². The van der Waals surface area contributed by atoms with E-state index in [4.69, 9.17) is 0 Å². The lowest BCUT2D eigenvalue weighted by atomic mass is 10.0. The molecule has 0 bridgehead atoms. The van der Waals surface area contributed by atoms with Crippen molar-refractivity contribution in [3.05, 3.63) is 29.8 Å². The highest BCUT2D eigenvalue weighted by Crippen LogP contribution is 2.25. The fourth-order valence-corrected chi connectivity index (χ4v) is 2.32. The smallest absolute Gasteiger partial charge is 0.387 e. The van der Waals surface area contributed by atoms with E-state index in [1.165, 1.54) is 6.07 Å². The standard InChI is InChI=1S/C13H18F2N2O2/c14-13(15)19-11-3-1-2-10(8-11)12(9-18)17-6-4-16-5-7-17/h1-3,8,12-13,16,18H,4-7,9H2/t12-/m0/s1. The highest BCUT2D eigenvalue weighted by atomic mass is 19.3. The van der Waals surface area contributed by atoms with Crippen LogP contribution in [0.2, 0.25) is 0 Å². The first-order valence-corrected chi connectivity index (χ1v) is 6.31. The molecule has 1 aromatic carbocycles. The lowest BCUT2D eigenvalue weighted by Crippen LogP contribution is -2.46. The fourth-order valence-electron chi connectivity index (χ4n) is 2.32. The molecule has 1 heterocycles. The fraction of sp³-hybridized carbons (Fsp3) is 0.538. The minimum atomic E-state index is -2.83. The predicted molar refractivity (Wildman–Crippen MR) is 67.3 cm³/mol. The Bertz CT molecular complexity index is 398. The Hall–Kier alpha value is -1.24. The quantitative estimate of drug-likeness (QED) is 0.846. The van der Waals surface area contributed by atoms with Crippen LogP contribution < -0.4 is 10.1 Å². The van der Waals surface area contributed by atoms with Gasteiger partial charge in [-0.15, -0.1) is 0 Å². The van der Waals surface area contributed by atoms with Crippen LogP contribution in [0.25, 0.3) is 0 Å². The van der Waals surface area contributed by atoms with Gasteiger partial charge in [-0.25, -0.2) is 0 Å². The van der Waals surface area contributed by atoms with Crippen LogP contribution in [0.15, 0.2) is 24.3 Å². The molecular weight excluding hydrogens is 254 g/mol. The number of ether oxygens (including phenoxy) is 1. The first-order chi connectivity index (χ1) is 9.20. The van der Waals surface area contributed by atoms with Crippen LogP contribution in [0.1, 0.15) is 11.6 Å².